The molecule has 0 aromatic heterocycles. The van der Waals surface area contributed by atoms with Gasteiger partial charge in [0.25, 0.3) is 0 Å². The Morgan fingerprint density at radius 3 is 2.74 bits per heavy atom. The first-order valence-corrected chi connectivity index (χ1v) is 7.16. The summed E-state index contributed by atoms with van der Waals surface area (Å²) in [5, 5.41) is 3.01. The van der Waals surface area contributed by atoms with Gasteiger partial charge in [-0.2, -0.15) is 0 Å². The Bertz CT molecular complexity index is 450. The molecule has 1 aliphatic rings. The lowest BCUT2D eigenvalue weighted by atomic mass is 9.81. The van der Waals surface area contributed by atoms with Crippen LogP contribution in [-0.2, 0) is 16.0 Å². The molecule has 1 fully saturated rings. The summed E-state index contributed by atoms with van der Waals surface area (Å²) in [6.07, 6.45) is 2.98. The number of benzene rings is 1. The van der Waals surface area contributed by atoms with Gasteiger partial charge in [0, 0.05) is 18.2 Å². The highest BCUT2D eigenvalue weighted by Crippen LogP contribution is 2.31. The first kappa shape index (κ1) is 14.1. The third-order valence-corrected chi connectivity index (χ3v) is 3.87. The number of aryl methyl sites for hydroxylation is 2. The number of carbonyl (C=O) groups excluding carboxylic acids is 1. The number of ether oxygens (including phenoxy) is 1. The predicted octanol–water partition coefficient (Wildman–Crippen LogP) is 3.31. The summed E-state index contributed by atoms with van der Waals surface area (Å²) in [6.45, 7) is 6.96. The molecule has 3 nitrogen and oxygen atoms in total. The van der Waals surface area contributed by atoms with Crippen LogP contribution in [0.4, 0.5) is 5.69 Å². The fraction of sp³-hybridized carbons (Fsp3) is 0.562. The van der Waals surface area contributed by atoms with Gasteiger partial charge in [-0.25, -0.2) is 0 Å². The molecule has 1 aromatic carbocycles. The SMILES string of the molecule is CCOC1CC(C(=O)Nc2ccc(C)c(CC)c2)C1. The van der Waals surface area contributed by atoms with Crippen molar-refractivity contribution in [3.05, 3.63) is 29.3 Å². The third-order valence-electron chi connectivity index (χ3n) is 3.87. The minimum Gasteiger partial charge on any atom is -0.378 e. The van der Waals surface area contributed by atoms with E-state index in [-0.39, 0.29) is 17.9 Å². The largest absolute Gasteiger partial charge is 0.378 e. The number of carbonyl (C=O) groups is 1. The minimum atomic E-state index is 0.114. The number of amides is 1. The second kappa shape index (κ2) is 6.20. The average molecular weight is 261 g/mol. The molecule has 0 saturated heterocycles. The molecule has 0 spiro atoms. The number of hydrogen-bond donors (Lipinski definition) is 1. The second-order valence-corrected chi connectivity index (χ2v) is 5.23. The smallest absolute Gasteiger partial charge is 0.227 e. The van der Waals surface area contributed by atoms with E-state index in [1.54, 1.807) is 0 Å². The average Bonchev–Trinajstić information content (AvgIpc) is 2.35. The van der Waals surface area contributed by atoms with Crippen LogP contribution in [0.25, 0.3) is 0 Å². The van der Waals surface area contributed by atoms with Crippen LogP contribution in [0.5, 0.6) is 0 Å². The van der Waals surface area contributed by atoms with Gasteiger partial charge >= 0.3 is 0 Å². The molecule has 1 saturated carbocycles. The highest BCUT2D eigenvalue weighted by Gasteiger charge is 2.34. The number of hydrogen-bond acceptors (Lipinski definition) is 2. The van der Waals surface area contributed by atoms with Gasteiger partial charge in [-0.3, -0.25) is 4.79 Å². The van der Waals surface area contributed by atoms with E-state index in [1.807, 2.05) is 13.0 Å². The molecule has 19 heavy (non-hydrogen) atoms. The lowest BCUT2D eigenvalue weighted by molar-refractivity contribution is -0.128. The fourth-order valence-electron chi connectivity index (χ4n) is 2.53. The molecule has 1 amide bonds. The molecule has 0 atom stereocenters. The first-order chi connectivity index (χ1) is 9.13. The molecule has 1 aliphatic carbocycles. The maximum atomic E-state index is 12.1. The van der Waals surface area contributed by atoms with Crippen molar-refractivity contribution in [2.75, 3.05) is 11.9 Å². The summed E-state index contributed by atoms with van der Waals surface area (Å²) in [4.78, 5) is 12.1. The van der Waals surface area contributed by atoms with Crippen LogP contribution in [0.15, 0.2) is 18.2 Å². The standard InChI is InChI=1S/C16H23NO2/c1-4-12-8-14(7-6-11(12)3)17-16(18)13-9-15(10-13)19-5-2/h6-8,13,15H,4-5,9-10H2,1-3H3,(H,17,18). The van der Waals surface area contributed by atoms with Crippen molar-refractivity contribution >= 4 is 11.6 Å². The van der Waals surface area contributed by atoms with Crippen molar-refractivity contribution < 1.29 is 9.53 Å². The van der Waals surface area contributed by atoms with Gasteiger partial charge in [-0.1, -0.05) is 13.0 Å². The highest BCUT2D eigenvalue weighted by atomic mass is 16.5. The molecule has 3 heteroatoms. The van der Waals surface area contributed by atoms with Crippen LogP contribution < -0.4 is 5.32 Å². The van der Waals surface area contributed by atoms with Crippen molar-refractivity contribution in [2.24, 2.45) is 5.92 Å². The Kier molecular flexibility index (Phi) is 4.59. The van der Waals surface area contributed by atoms with Crippen molar-refractivity contribution in [3.8, 4) is 0 Å². The summed E-state index contributed by atoms with van der Waals surface area (Å²) in [7, 11) is 0. The van der Waals surface area contributed by atoms with E-state index in [1.165, 1.54) is 11.1 Å². The normalized spacial score (nSPS) is 21.8. The molecule has 104 valence electrons. The molecule has 0 heterocycles. The summed E-state index contributed by atoms with van der Waals surface area (Å²) in [6, 6.07) is 6.12. The predicted molar refractivity (Wildman–Crippen MR) is 77.3 cm³/mol. The van der Waals surface area contributed by atoms with Gasteiger partial charge in [-0.15, -0.1) is 0 Å². The molecule has 2 rings (SSSR count). The van der Waals surface area contributed by atoms with E-state index in [4.69, 9.17) is 4.74 Å². The number of anilines is 1. The van der Waals surface area contributed by atoms with E-state index in [2.05, 4.69) is 31.3 Å². The molecule has 1 aromatic rings. The van der Waals surface area contributed by atoms with E-state index >= 15 is 0 Å². The zero-order valence-electron chi connectivity index (χ0n) is 12.0. The quantitative estimate of drug-likeness (QED) is 0.883. The maximum absolute atomic E-state index is 12.1. The molecular formula is C16H23NO2. The summed E-state index contributed by atoms with van der Waals surface area (Å²) in [5.41, 5.74) is 3.48. The number of rotatable bonds is 5. The van der Waals surface area contributed by atoms with Gasteiger partial charge in [-0.05, 0) is 56.4 Å². The Morgan fingerprint density at radius 2 is 2.11 bits per heavy atom. The lowest BCUT2D eigenvalue weighted by Crippen LogP contribution is -2.39. The molecule has 0 unspecified atom stereocenters. The highest BCUT2D eigenvalue weighted by molar-refractivity contribution is 5.93. The van der Waals surface area contributed by atoms with Gasteiger partial charge in [0.15, 0.2) is 0 Å². The minimum absolute atomic E-state index is 0.114. The summed E-state index contributed by atoms with van der Waals surface area (Å²) < 4.78 is 5.48. The van der Waals surface area contributed by atoms with Gasteiger partial charge < -0.3 is 10.1 Å². The maximum Gasteiger partial charge on any atom is 0.227 e. The van der Waals surface area contributed by atoms with Crippen LogP contribution in [0.1, 0.15) is 37.8 Å². The molecular weight excluding hydrogens is 238 g/mol. The fourth-order valence-corrected chi connectivity index (χ4v) is 2.53. The van der Waals surface area contributed by atoms with Crippen molar-refractivity contribution in [1.29, 1.82) is 0 Å². The zero-order valence-corrected chi connectivity index (χ0v) is 12.0. The molecule has 1 N–H and O–H groups in total. The van der Waals surface area contributed by atoms with E-state index in [9.17, 15) is 4.79 Å². The Hall–Kier alpha value is -1.35. The number of nitrogens with one attached hydrogen (secondary N) is 1. The van der Waals surface area contributed by atoms with Crippen LogP contribution in [0.2, 0.25) is 0 Å². The zero-order chi connectivity index (χ0) is 13.8. The first-order valence-electron chi connectivity index (χ1n) is 7.16. The Morgan fingerprint density at radius 1 is 1.37 bits per heavy atom. The van der Waals surface area contributed by atoms with Crippen molar-refractivity contribution in [2.45, 2.75) is 46.1 Å². The summed E-state index contributed by atoms with van der Waals surface area (Å²) >= 11 is 0. The van der Waals surface area contributed by atoms with Crippen LogP contribution in [-0.4, -0.2) is 18.6 Å². The third kappa shape index (κ3) is 3.35. The Labute approximate surface area is 115 Å². The monoisotopic (exact) mass is 261 g/mol. The van der Waals surface area contributed by atoms with Crippen LogP contribution in [0.3, 0.4) is 0 Å². The van der Waals surface area contributed by atoms with E-state index in [0.717, 1.165) is 31.6 Å². The van der Waals surface area contributed by atoms with Crippen LogP contribution in [0, 0.1) is 12.8 Å². The topological polar surface area (TPSA) is 38.3 Å². The van der Waals surface area contributed by atoms with Crippen molar-refractivity contribution in [1.82, 2.24) is 0 Å². The molecule has 0 bridgehead atoms. The van der Waals surface area contributed by atoms with Crippen molar-refractivity contribution in [3.63, 3.8) is 0 Å². The van der Waals surface area contributed by atoms with Gasteiger partial charge in [0.05, 0.1) is 6.10 Å². The molecule has 0 radical (unpaired) electrons. The van der Waals surface area contributed by atoms with Gasteiger partial charge in [0.1, 0.15) is 0 Å². The van der Waals surface area contributed by atoms with Gasteiger partial charge in [0.2, 0.25) is 5.91 Å². The molecule has 0 aliphatic heterocycles. The van der Waals surface area contributed by atoms with E-state index in [0.29, 0.717) is 0 Å². The summed E-state index contributed by atoms with van der Waals surface area (Å²) in [5.74, 6) is 0.241. The van der Waals surface area contributed by atoms with Crippen LogP contribution >= 0.6 is 0 Å². The van der Waals surface area contributed by atoms with E-state index < -0.39 is 0 Å². The Balaban J connectivity index is 1.89. The lowest BCUT2D eigenvalue weighted by Gasteiger charge is -2.33. The second-order valence-electron chi connectivity index (χ2n) is 5.23.